The summed E-state index contributed by atoms with van der Waals surface area (Å²) in [4.78, 5) is 30.5. The lowest BCUT2D eigenvalue weighted by Gasteiger charge is -2.24. The summed E-state index contributed by atoms with van der Waals surface area (Å²) in [5.74, 6) is 0.394. The van der Waals surface area contributed by atoms with Crippen LogP contribution < -0.4 is 5.32 Å². The van der Waals surface area contributed by atoms with Crippen LogP contribution in [-0.4, -0.2) is 38.9 Å². The van der Waals surface area contributed by atoms with E-state index in [2.05, 4.69) is 21.8 Å². The van der Waals surface area contributed by atoms with Crippen molar-refractivity contribution in [3.63, 3.8) is 0 Å². The van der Waals surface area contributed by atoms with Crippen molar-refractivity contribution in [3.8, 4) is 0 Å². The Morgan fingerprint density at radius 3 is 2.96 bits per heavy atom. The van der Waals surface area contributed by atoms with Crippen LogP contribution in [0.2, 0.25) is 0 Å². The predicted molar refractivity (Wildman–Crippen MR) is 99.2 cm³/mol. The summed E-state index contributed by atoms with van der Waals surface area (Å²) in [6.45, 7) is 3.49. The Hall–Kier alpha value is -2.70. The molecule has 1 atom stereocenters. The fourth-order valence-electron chi connectivity index (χ4n) is 3.45. The van der Waals surface area contributed by atoms with Crippen molar-refractivity contribution in [2.45, 2.75) is 51.7 Å². The quantitative estimate of drug-likeness (QED) is 0.723. The number of likely N-dealkylation sites (tertiary alicyclic amines) is 1. The molecule has 2 aromatic rings. The van der Waals surface area contributed by atoms with Crippen LogP contribution in [0.4, 0.5) is 4.39 Å². The number of amides is 2. The van der Waals surface area contributed by atoms with E-state index in [0.717, 1.165) is 25.2 Å². The smallest absolute Gasteiger partial charge is 0.242 e. The van der Waals surface area contributed by atoms with Crippen LogP contribution in [0.25, 0.3) is 0 Å². The molecule has 2 heterocycles. The number of carbonyl (C=O) groups excluding carboxylic acids is 2. The number of nitrogens with zero attached hydrogens (tertiary/aromatic N) is 3. The van der Waals surface area contributed by atoms with Crippen molar-refractivity contribution < 1.29 is 14.0 Å². The average molecular weight is 372 g/mol. The Morgan fingerprint density at radius 2 is 2.19 bits per heavy atom. The number of rotatable bonds is 8. The highest BCUT2D eigenvalue weighted by atomic mass is 19.1. The lowest BCUT2D eigenvalue weighted by molar-refractivity contribution is -0.135. The minimum absolute atomic E-state index is 0.107. The van der Waals surface area contributed by atoms with Gasteiger partial charge in [0.15, 0.2) is 0 Å². The number of aryl methyl sites for hydroxylation is 2. The van der Waals surface area contributed by atoms with Gasteiger partial charge >= 0.3 is 0 Å². The van der Waals surface area contributed by atoms with Crippen molar-refractivity contribution in [1.29, 1.82) is 0 Å². The molecule has 1 saturated heterocycles. The Morgan fingerprint density at radius 1 is 1.37 bits per heavy atom. The third-order valence-corrected chi connectivity index (χ3v) is 4.92. The van der Waals surface area contributed by atoms with Gasteiger partial charge < -0.3 is 14.8 Å². The van der Waals surface area contributed by atoms with Gasteiger partial charge in [0, 0.05) is 50.4 Å². The largest absolute Gasteiger partial charge is 0.354 e. The van der Waals surface area contributed by atoms with E-state index in [1.165, 1.54) is 11.0 Å². The van der Waals surface area contributed by atoms with Gasteiger partial charge in [-0.3, -0.25) is 9.59 Å². The molecule has 1 aromatic carbocycles. The average Bonchev–Trinajstić information content (AvgIpc) is 3.27. The van der Waals surface area contributed by atoms with Crippen molar-refractivity contribution in [2.75, 3.05) is 6.54 Å². The fourth-order valence-corrected chi connectivity index (χ4v) is 3.45. The van der Waals surface area contributed by atoms with Gasteiger partial charge in [-0.1, -0.05) is 25.1 Å². The molecule has 27 heavy (non-hydrogen) atoms. The van der Waals surface area contributed by atoms with Crippen molar-refractivity contribution in [1.82, 2.24) is 19.8 Å². The number of aromatic nitrogens is 2. The van der Waals surface area contributed by atoms with E-state index in [1.54, 1.807) is 24.4 Å². The van der Waals surface area contributed by atoms with E-state index >= 15 is 0 Å². The van der Waals surface area contributed by atoms with Crippen LogP contribution in [0.15, 0.2) is 36.7 Å². The number of carbonyl (C=O) groups is 2. The van der Waals surface area contributed by atoms with Gasteiger partial charge in [0.05, 0.1) is 0 Å². The Labute approximate surface area is 158 Å². The van der Waals surface area contributed by atoms with Crippen molar-refractivity contribution in [2.24, 2.45) is 0 Å². The molecule has 6 nitrogen and oxygen atoms in total. The molecule has 1 unspecified atom stereocenters. The van der Waals surface area contributed by atoms with Gasteiger partial charge in [0.25, 0.3) is 0 Å². The summed E-state index contributed by atoms with van der Waals surface area (Å²) in [5.41, 5.74) is 0.428. The molecule has 1 N–H and O–H groups in total. The minimum atomic E-state index is -0.531. The highest BCUT2D eigenvalue weighted by Gasteiger charge is 2.36. The summed E-state index contributed by atoms with van der Waals surface area (Å²) < 4.78 is 16.0. The van der Waals surface area contributed by atoms with E-state index in [1.807, 2.05) is 6.20 Å². The van der Waals surface area contributed by atoms with Gasteiger partial charge in [-0.05, 0) is 18.9 Å². The molecule has 0 aliphatic carbocycles. The van der Waals surface area contributed by atoms with E-state index in [-0.39, 0.29) is 24.2 Å². The molecule has 1 aliphatic rings. The molecular weight excluding hydrogens is 347 g/mol. The number of hydrogen-bond donors (Lipinski definition) is 1. The first-order chi connectivity index (χ1) is 13.1. The highest BCUT2D eigenvalue weighted by molar-refractivity contribution is 5.90. The summed E-state index contributed by atoms with van der Waals surface area (Å²) in [7, 11) is 0. The normalized spacial score (nSPS) is 16.7. The third kappa shape index (κ3) is 4.53. The van der Waals surface area contributed by atoms with Crippen molar-refractivity contribution >= 4 is 11.8 Å². The van der Waals surface area contributed by atoms with Gasteiger partial charge in [0.2, 0.25) is 11.8 Å². The SMILES string of the molecule is CCc1nccn1CCCNC(=O)C1CCC(=O)N1Cc1ccccc1F. The first kappa shape index (κ1) is 19.1. The standard InChI is InChI=1S/C20H25FN4O2/c1-2-18-22-11-13-24(18)12-5-10-23-20(27)17-8-9-19(26)25(17)14-15-6-3-4-7-16(15)21/h3-4,6-7,11,13,17H,2,5,8-10,12,14H2,1H3,(H,23,27). The van der Waals surface area contributed by atoms with E-state index in [4.69, 9.17) is 0 Å². The van der Waals surface area contributed by atoms with Gasteiger partial charge in [-0.25, -0.2) is 9.37 Å². The topological polar surface area (TPSA) is 67.2 Å². The Bertz CT molecular complexity index is 805. The summed E-state index contributed by atoms with van der Waals surface area (Å²) in [6, 6.07) is 5.82. The van der Waals surface area contributed by atoms with Crippen LogP contribution in [0.3, 0.4) is 0 Å². The number of imidazole rings is 1. The maximum atomic E-state index is 13.9. The predicted octanol–water partition coefficient (Wildman–Crippen LogP) is 2.28. The first-order valence-corrected chi connectivity index (χ1v) is 9.40. The Balaban J connectivity index is 1.52. The van der Waals surface area contributed by atoms with Crippen LogP contribution >= 0.6 is 0 Å². The van der Waals surface area contributed by atoms with E-state index in [9.17, 15) is 14.0 Å². The maximum Gasteiger partial charge on any atom is 0.242 e. The summed E-state index contributed by atoms with van der Waals surface area (Å²) in [6.07, 6.45) is 6.16. The highest BCUT2D eigenvalue weighted by Crippen LogP contribution is 2.22. The van der Waals surface area contributed by atoms with Gasteiger partial charge in [-0.2, -0.15) is 0 Å². The monoisotopic (exact) mass is 372 g/mol. The molecule has 0 bridgehead atoms. The molecule has 1 fully saturated rings. The minimum Gasteiger partial charge on any atom is -0.354 e. The molecular formula is C20H25FN4O2. The zero-order valence-corrected chi connectivity index (χ0v) is 15.5. The molecule has 2 amide bonds. The number of nitrogens with one attached hydrogen (secondary N) is 1. The molecule has 144 valence electrons. The van der Waals surface area contributed by atoms with Crippen LogP contribution in [0, 0.1) is 5.82 Å². The lowest BCUT2D eigenvalue weighted by Crippen LogP contribution is -2.44. The van der Waals surface area contributed by atoms with E-state index in [0.29, 0.717) is 24.9 Å². The second-order valence-electron chi connectivity index (χ2n) is 6.70. The zero-order valence-electron chi connectivity index (χ0n) is 15.5. The van der Waals surface area contributed by atoms with Crippen LogP contribution in [-0.2, 0) is 29.1 Å². The Kier molecular flexibility index (Phi) is 6.21. The van der Waals surface area contributed by atoms with Crippen LogP contribution in [0.5, 0.6) is 0 Å². The third-order valence-electron chi connectivity index (χ3n) is 4.92. The second kappa shape index (κ2) is 8.79. The maximum absolute atomic E-state index is 13.9. The molecule has 0 radical (unpaired) electrons. The summed E-state index contributed by atoms with van der Waals surface area (Å²) in [5, 5.41) is 2.92. The van der Waals surface area contributed by atoms with Crippen molar-refractivity contribution in [3.05, 3.63) is 53.9 Å². The number of benzene rings is 1. The molecule has 7 heteroatoms. The van der Waals surface area contributed by atoms with E-state index < -0.39 is 6.04 Å². The summed E-state index contributed by atoms with van der Waals surface area (Å²) >= 11 is 0. The van der Waals surface area contributed by atoms with Gasteiger partial charge in [-0.15, -0.1) is 0 Å². The molecule has 3 rings (SSSR count). The lowest BCUT2D eigenvalue weighted by atomic mass is 10.1. The van der Waals surface area contributed by atoms with Gasteiger partial charge in [0.1, 0.15) is 17.7 Å². The molecule has 0 spiro atoms. The molecule has 1 aliphatic heterocycles. The number of hydrogen-bond acceptors (Lipinski definition) is 3. The molecule has 0 saturated carbocycles. The van der Waals surface area contributed by atoms with Crippen LogP contribution in [0.1, 0.15) is 37.6 Å². The second-order valence-corrected chi connectivity index (χ2v) is 6.70. The number of halogens is 1. The zero-order chi connectivity index (χ0) is 19.2. The molecule has 1 aromatic heterocycles. The fraction of sp³-hybridized carbons (Fsp3) is 0.450. The first-order valence-electron chi connectivity index (χ1n) is 9.40.